The van der Waals surface area contributed by atoms with Crippen LogP contribution >= 0.6 is 0 Å². The van der Waals surface area contributed by atoms with Crippen molar-refractivity contribution in [3.05, 3.63) is 58.7 Å². The number of anilines is 1. The molecular formula is C22H21NO6. The predicted octanol–water partition coefficient (Wildman–Crippen LogP) is 3.02. The summed E-state index contributed by atoms with van der Waals surface area (Å²) in [7, 11) is 0. The van der Waals surface area contributed by atoms with Crippen molar-refractivity contribution in [1.29, 1.82) is 0 Å². The highest BCUT2D eigenvalue weighted by atomic mass is 16.5. The molecule has 0 fully saturated rings. The van der Waals surface area contributed by atoms with Crippen LogP contribution in [0.2, 0.25) is 0 Å². The molecule has 0 saturated carbocycles. The molecule has 1 heterocycles. The molecule has 7 nitrogen and oxygen atoms in total. The fourth-order valence-electron chi connectivity index (χ4n) is 2.83. The Balaban J connectivity index is 1.49. The second-order valence-electron chi connectivity index (χ2n) is 6.85. The van der Waals surface area contributed by atoms with Gasteiger partial charge < -0.3 is 14.8 Å². The maximum Gasteiger partial charge on any atom is 0.306 e. The Hall–Kier alpha value is -3.48. The van der Waals surface area contributed by atoms with E-state index < -0.39 is 18.4 Å². The monoisotopic (exact) mass is 395 g/mol. The number of ether oxygens (including phenoxy) is 2. The molecule has 2 aromatic rings. The fourth-order valence-corrected chi connectivity index (χ4v) is 2.83. The molecule has 0 unspecified atom stereocenters. The Labute approximate surface area is 168 Å². The SMILES string of the molecule is Cc1ccc(C(=O)CCC(=O)OCC(=O)c2ccc3c(c2)NC(=O)CO3)cc1C. The van der Waals surface area contributed by atoms with E-state index in [1.807, 2.05) is 19.9 Å². The number of hydrogen-bond donors (Lipinski definition) is 1. The summed E-state index contributed by atoms with van der Waals surface area (Å²) in [6, 6.07) is 9.99. The Kier molecular flexibility index (Phi) is 6.07. The number of fused-ring (bicyclic) bond motifs is 1. The van der Waals surface area contributed by atoms with Crippen LogP contribution in [0.15, 0.2) is 36.4 Å². The van der Waals surface area contributed by atoms with Gasteiger partial charge in [0, 0.05) is 17.5 Å². The van der Waals surface area contributed by atoms with Crippen LogP contribution in [-0.4, -0.2) is 36.7 Å². The molecule has 1 N–H and O–H groups in total. The van der Waals surface area contributed by atoms with Gasteiger partial charge in [0.05, 0.1) is 12.1 Å². The van der Waals surface area contributed by atoms with Gasteiger partial charge in [0.2, 0.25) is 0 Å². The summed E-state index contributed by atoms with van der Waals surface area (Å²) in [5, 5.41) is 2.61. The molecule has 1 aliphatic rings. The Morgan fingerprint density at radius 3 is 2.45 bits per heavy atom. The van der Waals surface area contributed by atoms with Crippen molar-refractivity contribution in [1.82, 2.24) is 0 Å². The van der Waals surface area contributed by atoms with Crippen LogP contribution in [0.4, 0.5) is 5.69 Å². The second-order valence-corrected chi connectivity index (χ2v) is 6.85. The van der Waals surface area contributed by atoms with Crippen LogP contribution in [0, 0.1) is 13.8 Å². The van der Waals surface area contributed by atoms with Gasteiger partial charge in [-0.2, -0.15) is 0 Å². The molecule has 1 aliphatic heterocycles. The third kappa shape index (κ3) is 5.07. The number of rotatable bonds is 7. The average molecular weight is 395 g/mol. The quantitative estimate of drug-likeness (QED) is 0.572. The molecule has 0 aliphatic carbocycles. The molecule has 29 heavy (non-hydrogen) atoms. The van der Waals surface area contributed by atoms with Gasteiger partial charge in [-0.15, -0.1) is 0 Å². The summed E-state index contributed by atoms with van der Waals surface area (Å²) in [6.45, 7) is 3.37. The maximum atomic E-state index is 12.2. The van der Waals surface area contributed by atoms with Gasteiger partial charge in [-0.3, -0.25) is 19.2 Å². The first-order valence-corrected chi connectivity index (χ1v) is 9.19. The van der Waals surface area contributed by atoms with E-state index in [0.717, 1.165) is 11.1 Å². The van der Waals surface area contributed by atoms with Crippen molar-refractivity contribution in [2.24, 2.45) is 0 Å². The molecule has 150 valence electrons. The smallest absolute Gasteiger partial charge is 0.306 e. The zero-order chi connectivity index (χ0) is 21.0. The molecule has 0 atom stereocenters. The molecule has 7 heteroatoms. The number of benzene rings is 2. The van der Waals surface area contributed by atoms with Crippen molar-refractivity contribution in [2.75, 3.05) is 18.5 Å². The van der Waals surface area contributed by atoms with Crippen LogP contribution in [0.1, 0.15) is 44.7 Å². The summed E-state index contributed by atoms with van der Waals surface area (Å²) < 4.78 is 10.2. The summed E-state index contributed by atoms with van der Waals surface area (Å²) in [5.74, 6) is -1.02. The lowest BCUT2D eigenvalue weighted by molar-refractivity contribution is -0.142. The lowest BCUT2D eigenvalue weighted by Gasteiger charge is -2.18. The van der Waals surface area contributed by atoms with Crippen molar-refractivity contribution < 1.29 is 28.7 Å². The zero-order valence-electron chi connectivity index (χ0n) is 16.2. The number of hydrogen-bond acceptors (Lipinski definition) is 6. The lowest BCUT2D eigenvalue weighted by atomic mass is 10.0. The van der Waals surface area contributed by atoms with Gasteiger partial charge in [-0.05, 0) is 49.2 Å². The molecule has 0 bridgehead atoms. The van der Waals surface area contributed by atoms with Crippen molar-refractivity contribution in [3.8, 4) is 5.75 Å². The van der Waals surface area contributed by atoms with Crippen molar-refractivity contribution >= 4 is 29.1 Å². The number of carbonyl (C=O) groups excluding carboxylic acids is 4. The number of nitrogens with one attached hydrogen (secondary N) is 1. The zero-order valence-corrected chi connectivity index (χ0v) is 16.2. The van der Waals surface area contributed by atoms with E-state index >= 15 is 0 Å². The molecule has 3 rings (SSSR count). The van der Waals surface area contributed by atoms with Crippen LogP contribution in [0.3, 0.4) is 0 Å². The summed E-state index contributed by atoms with van der Waals surface area (Å²) >= 11 is 0. The van der Waals surface area contributed by atoms with E-state index in [9.17, 15) is 19.2 Å². The number of aryl methyl sites for hydroxylation is 2. The summed E-state index contributed by atoms with van der Waals surface area (Å²) in [5.41, 5.74) is 3.34. The Morgan fingerprint density at radius 2 is 1.69 bits per heavy atom. The van der Waals surface area contributed by atoms with E-state index in [2.05, 4.69) is 5.32 Å². The number of carbonyl (C=O) groups is 4. The fraction of sp³-hybridized carbons (Fsp3) is 0.273. The van der Waals surface area contributed by atoms with Crippen LogP contribution in [0.25, 0.3) is 0 Å². The first kappa shape index (κ1) is 20.3. The van der Waals surface area contributed by atoms with E-state index in [0.29, 0.717) is 17.0 Å². The standard InChI is InChI=1S/C22H21NO6/c1-13-3-4-15(9-14(13)2)18(24)6-8-22(27)29-11-19(25)16-5-7-20-17(10-16)23-21(26)12-28-20/h3-5,7,9-10H,6,8,11-12H2,1-2H3,(H,23,26). The largest absolute Gasteiger partial charge is 0.482 e. The Bertz CT molecular complexity index is 995. The highest BCUT2D eigenvalue weighted by molar-refractivity contribution is 6.02. The average Bonchev–Trinajstić information content (AvgIpc) is 2.71. The number of Topliss-reactive ketones (excluding diaryl/α,β-unsaturated/α-hetero) is 2. The van der Waals surface area contributed by atoms with Crippen molar-refractivity contribution in [3.63, 3.8) is 0 Å². The minimum absolute atomic E-state index is 0.0116. The highest BCUT2D eigenvalue weighted by Gasteiger charge is 2.19. The van der Waals surface area contributed by atoms with Gasteiger partial charge in [0.1, 0.15) is 5.75 Å². The number of amides is 1. The van der Waals surface area contributed by atoms with Gasteiger partial charge in [0.15, 0.2) is 24.8 Å². The maximum absolute atomic E-state index is 12.2. The number of esters is 1. The topological polar surface area (TPSA) is 98.8 Å². The van der Waals surface area contributed by atoms with Gasteiger partial charge in [-0.1, -0.05) is 12.1 Å². The molecule has 0 spiro atoms. The van der Waals surface area contributed by atoms with E-state index in [1.165, 1.54) is 12.1 Å². The van der Waals surface area contributed by atoms with Gasteiger partial charge in [-0.25, -0.2) is 0 Å². The van der Waals surface area contributed by atoms with Gasteiger partial charge >= 0.3 is 5.97 Å². The van der Waals surface area contributed by atoms with E-state index in [4.69, 9.17) is 9.47 Å². The number of ketones is 2. The summed E-state index contributed by atoms with van der Waals surface area (Å²) in [6.07, 6.45) is -0.0924. The van der Waals surface area contributed by atoms with Gasteiger partial charge in [0.25, 0.3) is 5.91 Å². The molecular weight excluding hydrogens is 374 g/mol. The van der Waals surface area contributed by atoms with Crippen LogP contribution in [-0.2, 0) is 14.3 Å². The minimum Gasteiger partial charge on any atom is -0.482 e. The first-order valence-electron chi connectivity index (χ1n) is 9.19. The first-order chi connectivity index (χ1) is 13.8. The molecule has 0 aromatic heterocycles. The molecule has 0 radical (unpaired) electrons. The molecule has 1 amide bonds. The normalized spacial score (nSPS) is 12.4. The van der Waals surface area contributed by atoms with E-state index in [1.54, 1.807) is 18.2 Å². The van der Waals surface area contributed by atoms with Crippen LogP contribution in [0.5, 0.6) is 5.75 Å². The molecule has 0 saturated heterocycles. The minimum atomic E-state index is -0.620. The Morgan fingerprint density at radius 1 is 0.966 bits per heavy atom. The van der Waals surface area contributed by atoms with E-state index in [-0.39, 0.29) is 36.7 Å². The summed E-state index contributed by atoms with van der Waals surface area (Å²) in [4.78, 5) is 47.7. The molecule has 2 aromatic carbocycles. The second kappa shape index (κ2) is 8.68. The third-order valence-electron chi connectivity index (χ3n) is 4.68. The van der Waals surface area contributed by atoms with Crippen LogP contribution < -0.4 is 10.1 Å². The van der Waals surface area contributed by atoms with Crippen molar-refractivity contribution in [2.45, 2.75) is 26.7 Å². The lowest BCUT2D eigenvalue weighted by Crippen LogP contribution is -2.25. The highest BCUT2D eigenvalue weighted by Crippen LogP contribution is 2.28. The third-order valence-corrected chi connectivity index (χ3v) is 4.68. The predicted molar refractivity (Wildman–Crippen MR) is 105 cm³/mol.